The summed E-state index contributed by atoms with van der Waals surface area (Å²) in [4.78, 5) is 2.31. The van der Waals surface area contributed by atoms with Crippen LogP contribution < -0.4 is 0 Å². The van der Waals surface area contributed by atoms with Gasteiger partial charge in [-0.25, -0.2) is 0 Å². The number of hydrogen-bond acceptors (Lipinski definition) is 1. The lowest BCUT2D eigenvalue weighted by atomic mass is 10.4. The van der Waals surface area contributed by atoms with Crippen molar-refractivity contribution in [1.82, 2.24) is 4.90 Å². The fourth-order valence-corrected chi connectivity index (χ4v) is 4.50. The van der Waals surface area contributed by atoms with Gasteiger partial charge in [0.1, 0.15) is 0 Å². The first-order chi connectivity index (χ1) is 7.20. The smallest absolute Gasteiger partial charge is 0.00215 e. The van der Waals surface area contributed by atoms with Crippen molar-refractivity contribution in [2.75, 3.05) is 39.1 Å². The highest BCUT2D eigenvalue weighted by Crippen LogP contribution is 2.38. The van der Waals surface area contributed by atoms with Gasteiger partial charge in [-0.05, 0) is 58.4 Å². The molecule has 0 unspecified atom stereocenters. The van der Waals surface area contributed by atoms with E-state index < -0.39 is 0 Å². The predicted molar refractivity (Wildman–Crippen MR) is 74.5 cm³/mol. The van der Waals surface area contributed by atoms with Crippen LogP contribution in [-0.4, -0.2) is 44.0 Å². The van der Waals surface area contributed by atoms with Crippen molar-refractivity contribution < 1.29 is 0 Å². The lowest BCUT2D eigenvalue weighted by Crippen LogP contribution is -2.14. The summed E-state index contributed by atoms with van der Waals surface area (Å²) in [6.07, 6.45) is 11.6. The first-order valence-electron chi connectivity index (χ1n) is 6.57. The second-order valence-corrected chi connectivity index (χ2v) is 7.39. The lowest BCUT2D eigenvalue weighted by Gasteiger charge is -2.18. The van der Waals surface area contributed by atoms with E-state index in [4.69, 9.17) is 0 Å². The Morgan fingerprint density at radius 1 is 0.800 bits per heavy atom. The van der Waals surface area contributed by atoms with Crippen LogP contribution in [0.3, 0.4) is 0 Å². The van der Waals surface area contributed by atoms with E-state index in [1.54, 1.807) is 0 Å². The van der Waals surface area contributed by atoms with Gasteiger partial charge in [-0.1, -0.05) is 26.7 Å². The zero-order valence-electron chi connectivity index (χ0n) is 11.3. The third-order valence-corrected chi connectivity index (χ3v) is 5.58. The maximum absolute atomic E-state index is 2.31. The second-order valence-electron chi connectivity index (χ2n) is 4.71. The van der Waals surface area contributed by atoms with Crippen LogP contribution in [0.2, 0.25) is 0 Å². The molecule has 2 heteroatoms. The summed E-state index contributed by atoms with van der Waals surface area (Å²) in [5.41, 5.74) is 0. The molecule has 0 amide bonds. The quantitative estimate of drug-likeness (QED) is 0.513. The Balaban J connectivity index is 3.58. The van der Waals surface area contributed by atoms with Gasteiger partial charge in [-0.15, -0.1) is 7.92 Å². The fraction of sp³-hybridized carbons (Fsp3) is 1.00. The average Bonchev–Trinajstić information content (AvgIpc) is 2.20. The van der Waals surface area contributed by atoms with Crippen LogP contribution in [0.15, 0.2) is 0 Å². The summed E-state index contributed by atoms with van der Waals surface area (Å²) in [5.74, 6) is 0. The number of hydrogen-bond donors (Lipinski definition) is 0. The number of unbranched alkanes of at least 4 members (excludes halogenated alkanes) is 2. The minimum atomic E-state index is 0.370. The molecule has 0 aromatic carbocycles. The molecular formula is C13H30NP. The van der Waals surface area contributed by atoms with Gasteiger partial charge in [0, 0.05) is 0 Å². The zero-order chi connectivity index (χ0) is 11.5. The summed E-state index contributed by atoms with van der Waals surface area (Å²) in [6, 6.07) is 0. The number of nitrogens with zero attached hydrogens (tertiary/aromatic N) is 1. The topological polar surface area (TPSA) is 3.24 Å². The van der Waals surface area contributed by atoms with Gasteiger partial charge in [-0.3, -0.25) is 0 Å². The molecule has 0 aromatic heterocycles. The maximum atomic E-state index is 2.31. The molecule has 0 atom stereocenters. The Bertz CT molecular complexity index is 118. The van der Waals surface area contributed by atoms with E-state index in [0.717, 1.165) is 0 Å². The molecule has 0 fully saturated rings. The molecule has 0 N–H and O–H groups in total. The van der Waals surface area contributed by atoms with E-state index in [0.29, 0.717) is 7.92 Å². The molecule has 0 rings (SSSR count). The Labute approximate surface area is 98.4 Å². The lowest BCUT2D eigenvalue weighted by molar-refractivity contribution is 0.409. The Hall–Kier alpha value is 0.390. The molecule has 1 nitrogen and oxygen atoms in total. The molecule has 0 aromatic rings. The zero-order valence-corrected chi connectivity index (χ0v) is 12.2. The molecule has 0 aliphatic heterocycles. The van der Waals surface area contributed by atoms with Crippen molar-refractivity contribution in [2.45, 2.75) is 46.0 Å². The first kappa shape index (κ1) is 15.4. The Morgan fingerprint density at radius 2 is 1.27 bits per heavy atom. The van der Waals surface area contributed by atoms with Crippen molar-refractivity contribution in [3.8, 4) is 0 Å². The van der Waals surface area contributed by atoms with Crippen LogP contribution in [0.1, 0.15) is 46.0 Å². The van der Waals surface area contributed by atoms with Crippen LogP contribution in [0.4, 0.5) is 0 Å². The van der Waals surface area contributed by atoms with E-state index >= 15 is 0 Å². The van der Waals surface area contributed by atoms with Crippen LogP contribution in [0.25, 0.3) is 0 Å². The second kappa shape index (κ2) is 10.9. The van der Waals surface area contributed by atoms with E-state index in [1.165, 1.54) is 57.1 Å². The minimum absolute atomic E-state index is 0.370. The highest BCUT2D eigenvalue weighted by molar-refractivity contribution is 7.57. The molecule has 0 heterocycles. The van der Waals surface area contributed by atoms with Crippen LogP contribution in [0, 0.1) is 0 Å². The highest BCUT2D eigenvalue weighted by atomic mass is 31.1. The third kappa shape index (κ3) is 10.7. The van der Waals surface area contributed by atoms with Crippen molar-refractivity contribution >= 4 is 7.92 Å². The van der Waals surface area contributed by atoms with Gasteiger partial charge in [-0.2, -0.15) is 0 Å². The minimum Gasteiger partial charge on any atom is -0.309 e. The van der Waals surface area contributed by atoms with E-state index in [-0.39, 0.29) is 0 Å². The monoisotopic (exact) mass is 231 g/mol. The molecule has 0 radical (unpaired) electrons. The largest absolute Gasteiger partial charge is 0.309 e. The Morgan fingerprint density at radius 3 is 1.67 bits per heavy atom. The van der Waals surface area contributed by atoms with Crippen molar-refractivity contribution in [3.05, 3.63) is 0 Å². The molecule has 0 aliphatic carbocycles. The first-order valence-corrected chi connectivity index (χ1v) is 8.47. The summed E-state index contributed by atoms with van der Waals surface area (Å²) >= 11 is 0. The van der Waals surface area contributed by atoms with Crippen molar-refractivity contribution in [3.63, 3.8) is 0 Å². The summed E-state index contributed by atoms with van der Waals surface area (Å²) in [7, 11) is 4.73. The molecule has 0 spiro atoms. The van der Waals surface area contributed by atoms with Gasteiger partial charge in [0.25, 0.3) is 0 Å². The van der Waals surface area contributed by atoms with Crippen molar-refractivity contribution in [2.24, 2.45) is 0 Å². The standard InChI is InChI=1S/C13H30NP/c1-5-7-11-15(12-8-6-2)13-9-10-14(3)4/h5-13H2,1-4H3. The van der Waals surface area contributed by atoms with Crippen LogP contribution in [0.5, 0.6) is 0 Å². The Kier molecular flexibility index (Phi) is 11.2. The normalized spacial score (nSPS) is 11.6. The van der Waals surface area contributed by atoms with E-state index in [1.807, 2.05) is 0 Å². The van der Waals surface area contributed by atoms with Gasteiger partial charge in [0.05, 0.1) is 0 Å². The molecule has 0 saturated carbocycles. The molecule has 15 heavy (non-hydrogen) atoms. The maximum Gasteiger partial charge on any atom is -0.00215 e. The van der Waals surface area contributed by atoms with Crippen molar-refractivity contribution in [1.29, 1.82) is 0 Å². The van der Waals surface area contributed by atoms with Crippen LogP contribution in [-0.2, 0) is 0 Å². The SMILES string of the molecule is CCCCP(CCCC)CCCN(C)C. The van der Waals surface area contributed by atoms with Crippen LogP contribution >= 0.6 is 7.92 Å². The summed E-state index contributed by atoms with van der Waals surface area (Å²) in [5, 5.41) is 0. The van der Waals surface area contributed by atoms with Gasteiger partial charge in [0.2, 0.25) is 0 Å². The molecule has 0 aliphatic rings. The van der Waals surface area contributed by atoms with Gasteiger partial charge in [0.15, 0.2) is 0 Å². The molecule has 92 valence electrons. The summed E-state index contributed by atoms with van der Waals surface area (Å²) in [6.45, 7) is 5.90. The number of rotatable bonds is 10. The average molecular weight is 231 g/mol. The molecular weight excluding hydrogens is 201 g/mol. The fourth-order valence-electron chi connectivity index (χ4n) is 1.71. The third-order valence-electron chi connectivity index (χ3n) is 2.74. The summed E-state index contributed by atoms with van der Waals surface area (Å²) < 4.78 is 0. The van der Waals surface area contributed by atoms with Gasteiger partial charge >= 0.3 is 0 Å². The van der Waals surface area contributed by atoms with E-state index in [9.17, 15) is 0 Å². The highest BCUT2D eigenvalue weighted by Gasteiger charge is 2.06. The molecule has 0 saturated heterocycles. The van der Waals surface area contributed by atoms with E-state index in [2.05, 4.69) is 32.8 Å². The molecule has 0 bridgehead atoms. The van der Waals surface area contributed by atoms with Gasteiger partial charge < -0.3 is 4.90 Å². The predicted octanol–water partition coefficient (Wildman–Crippen LogP) is 4.02.